The first-order valence-electron chi connectivity index (χ1n) is 9.55. The Morgan fingerprint density at radius 2 is 1.90 bits per heavy atom. The minimum absolute atomic E-state index is 0.260. The number of carbonyl (C=O) groups is 1. The van der Waals surface area contributed by atoms with Gasteiger partial charge in [0.1, 0.15) is 22.6 Å². The highest BCUT2D eigenvalue weighted by molar-refractivity contribution is 6.11. The van der Waals surface area contributed by atoms with E-state index in [1.54, 1.807) is 11.7 Å². The monoisotopic (exact) mass is 389 g/mol. The van der Waals surface area contributed by atoms with Crippen LogP contribution in [0.1, 0.15) is 29.3 Å². The number of hydrogen-bond acceptors (Lipinski definition) is 5. The maximum Gasteiger partial charge on any atom is 0.257 e. The second-order valence-corrected chi connectivity index (χ2v) is 6.91. The standard InChI is InChI=1S/C22H23N5O2/c1-4-11-24-22(28)18-19-21(26-15-8-6-5-7-14(15)25-19)27(20(18)23)16-12-13(2)9-10-17(16)29-3/h5-10,12H,4,11,23H2,1-3H3,(H,24,28). The van der Waals surface area contributed by atoms with Crippen LogP contribution in [0.3, 0.4) is 0 Å². The number of amides is 1. The molecule has 1 amide bonds. The molecule has 0 radical (unpaired) electrons. The molecule has 4 rings (SSSR count). The third-order valence-corrected chi connectivity index (χ3v) is 4.84. The first kappa shape index (κ1) is 18.7. The normalized spacial score (nSPS) is 11.1. The number of methoxy groups -OCH3 is 1. The van der Waals surface area contributed by atoms with Crippen molar-refractivity contribution in [1.82, 2.24) is 19.9 Å². The molecule has 7 heteroatoms. The van der Waals surface area contributed by atoms with Crippen LogP contribution in [0.2, 0.25) is 0 Å². The van der Waals surface area contributed by atoms with Crippen molar-refractivity contribution in [1.29, 1.82) is 0 Å². The maximum atomic E-state index is 12.9. The Morgan fingerprint density at radius 3 is 2.59 bits per heavy atom. The summed E-state index contributed by atoms with van der Waals surface area (Å²) < 4.78 is 7.31. The Balaban J connectivity index is 2.09. The van der Waals surface area contributed by atoms with Crippen LogP contribution in [0.15, 0.2) is 42.5 Å². The lowest BCUT2D eigenvalue weighted by Crippen LogP contribution is -2.25. The van der Waals surface area contributed by atoms with Gasteiger partial charge in [-0.3, -0.25) is 9.36 Å². The summed E-state index contributed by atoms with van der Waals surface area (Å²) >= 11 is 0. The van der Waals surface area contributed by atoms with E-state index >= 15 is 0 Å². The van der Waals surface area contributed by atoms with Crippen LogP contribution in [-0.4, -0.2) is 34.1 Å². The van der Waals surface area contributed by atoms with Crippen molar-refractivity contribution in [3.63, 3.8) is 0 Å². The maximum absolute atomic E-state index is 12.9. The average Bonchev–Trinajstić information content (AvgIpc) is 3.00. The van der Waals surface area contributed by atoms with Crippen molar-refractivity contribution >= 4 is 33.9 Å². The van der Waals surface area contributed by atoms with Gasteiger partial charge in [0.05, 0.1) is 23.8 Å². The first-order chi connectivity index (χ1) is 14.0. The minimum atomic E-state index is -0.260. The van der Waals surface area contributed by atoms with Gasteiger partial charge in [-0.2, -0.15) is 0 Å². The number of fused-ring (bicyclic) bond motifs is 2. The summed E-state index contributed by atoms with van der Waals surface area (Å²) in [4.78, 5) is 22.5. The summed E-state index contributed by atoms with van der Waals surface area (Å²) in [6.07, 6.45) is 0.824. The Morgan fingerprint density at radius 1 is 1.17 bits per heavy atom. The molecule has 0 fully saturated rings. The number of carbonyl (C=O) groups excluding carboxylic acids is 1. The predicted molar refractivity (Wildman–Crippen MR) is 115 cm³/mol. The zero-order valence-corrected chi connectivity index (χ0v) is 16.7. The summed E-state index contributed by atoms with van der Waals surface area (Å²) in [5.74, 6) is 0.659. The fourth-order valence-corrected chi connectivity index (χ4v) is 3.43. The number of ether oxygens (including phenoxy) is 1. The van der Waals surface area contributed by atoms with Gasteiger partial charge in [-0.05, 0) is 43.2 Å². The molecule has 2 aromatic carbocycles. The smallest absolute Gasteiger partial charge is 0.257 e. The molecule has 29 heavy (non-hydrogen) atoms. The van der Waals surface area contributed by atoms with Crippen molar-refractivity contribution < 1.29 is 9.53 Å². The quantitative estimate of drug-likeness (QED) is 0.544. The number of rotatable bonds is 5. The molecule has 0 aliphatic heterocycles. The fraction of sp³-hybridized carbons (Fsp3) is 0.227. The van der Waals surface area contributed by atoms with Crippen molar-refractivity contribution in [2.24, 2.45) is 0 Å². The van der Waals surface area contributed by atoms with Crippen molar-refractivity contribution in [2.75, 3.05) is 19.4 Å². The van der Waals surface area contributed by atoms with Crippen LogP contribution < -0.4 is 15.8 Å². The number of aromatic nitrogens is 3. The van der Waals surface area contributed by atoms with E-state index in [4.69, 9.17) is 20.4 Å². The number of para-hydroxylation sites is 2. The molecule has 0 saturated heterocycles. The third-order valence-electron chi connectivity index (χ3n) is 4.84. The summed E-state index contributed by atoms with van der Waals surface area (Å²) in [6.45, 7) is 4.54. The van der Waals surface area contributed by atoms with E-state index in [2.05, 4.69) is 5.32 Å². The summed E-state index contributed by atoms with van der Waals surface area (Å²) in [5, 5.41) is 2.90. The highest BCUT2D eigenvalue weighted by Gasteiger charge is 2.25. The fourth-order valence-electron chi connectivity index (χ4n) is 3.43. The van der Waals surface area contributed by atoms with E-state index in [1.165, 1.54) is 0 Å². The Bertz CT molecular complexity index is 1230. The van der Waals surface area contributed by atoms with E-state index < -0.39 is 0 Å². The van der Waals surface area contributed by atoms with Gasteiger partial charge in [-0.15, -0.1) is 0 Å². The second-order valence-electron chi connectivity index (χ2n) is 6.91. The van der Waals surface area contributed by atoms with Gasteiger partial charge in [0.2, 0.25) is 0 Å². The first-order valence-corrected chi connectivity index (χ1v) is 9.55. The van der Waals surface area contributed by atoms with Crippen LogP contribution in [0.5, 0.6) is 5.75 Å². The summed E-state index contributed by atoms with van der Waals surface area (Å²) in [6, 6.07) is 13.3. The average molecular weight is 389 g/mol. The molecule has 0 unspecified atom stereocenters. The highest BCUT2D eigenvalue weighted by atomic mass is 16.5. The molecule has 0 spiro atoms. The topological polar surface area (TPSA) is 95.1 Å². The Labute approximate surface area is 168 Å². The zero-order chi connectivity index (χ0) is 20.5. The number of nitrogens with zero attached hydrogens (tertiary/aromatic N) is 3. The predicted octanol–water partition coefficient (Wildman–Crippen LogP) is 3.61. The summed E-state index contributed by atoms with van der Waals surface area (Å²) in [7, 11) is 1.60. The van der Waals surface area contributed by atoms with E-state index in [0.29, 0.717) is 40.2 Å². The van der Waals surface area contributed by atoms with Crippen LogP contribution >= 0.6 is 0 Å². The molecule has 4 aromatic rings. The second kappa shape index (κ2) is 7.43. The molecule has 2 heterocycles. The molecule has 0 aliphatic rings. The van der Waals surface area contributed by atoms with E-state index in [0.717, 1.165) is 17.5 Å². The largest absolute Gasteiger partial charge is 0.495 e. The van der Waals surface area contributed by atoms with Crippen LogP contribution in [0.25, 0.3) is 27.9 Å². The van der Waals surface area contributed by atoms with Gasteiger partial charge in [-0.1, -0.05) is 25.1 Å². The van der Waals surface area contributed by atoms with Crippen LogP contribution in [0, 0.1) is 6.92 Å². The Hall–Kier alpha value is -3.61. The molecular weight excluding hydrogens is 366 g/mol. The number of benzene rings is 2. The molecular formula is C22H23N5O2. The van der Waals surface area contributed by atoms with Crippen molar-refractivity contribution in [2.45, 2.75) is 20.3 Å². The molecule has 0 aliphatic carbocycles. The van der Waals surface area contributed by atoms with E-state index in [9.17, 15) is 4.79 Å². The lowest BCUT2D eigenvalue weighted by molar-refractivity contribution is 0.0956. The van der Waals surface area contributed by atoms with Crippen molar-refractivity contribution in [3.05, 3.63) is 53.6 Å². The lowest BCUT2D eigenvalue weighted by Gasteiger charge is -2.13. The molecule has 0 atom stereocenters. The SMILES string of the molecule is CCCNC(=O)c1c(N)n(-c2cc(C)ccc2OC)c2nc3ccccc3nc12. The van der Waals surface area contributed by atoms with Crippen LogP contribution in [0.4, 0.5) is 5.82 Å². The van der Waals surface area contributed by atoms with Gasteiger partial charge in [0.25, 0.3) is 5.91 Å². The van der Waals surface area contributed by atoms with E-state index in [1.807, 2.05) is 56.3 Å². The molecule has 3 N–H and O–H groups in total. The molecule has 0 saturated carbocycles. The number of nitrogens with two attached hydrogens (primary N) is 1. The van der Waals surface area contributed by atoms with Crippen molar-refractivity contribution in [3.8, 4) is 11.4 Å². The molecule has 7 nitrogen and oxygen atoms in total. The number of aryl methyl sites for hydroxylation is 1. The zero-order valence-electron chi connectivity index (χ0n) is 16.7. The van der Waals surface area contributed by atoms with Gasteiger partial charge in [0.15, 0.2) is 5.65 Å². The number of hydrogen-bond donors (Lipinski definition) is 2. The number of nitrogen functional groups attached to an aromatic ring is 1. The molecule has 0 bridgehead atoms. The Kier molecular flexibility index (Phi) is 4.80. The number of nitrogens with one attached hydrogen (secondary N) is 1. The van der Waals surface area contributed by atoms with Gasteiger partial charge < -0.3 is 15.8 Å². The summed E-state index contributed by atoms with van der Waals surface area (Å²) in [5.41, 5.74) is 11.0. The van der Waals surface area contributed by atoms with Gasteiger partial charge in [-0.25, -0.2) is 9.97 Å². The molecule has 2 aromatic heterocycles. The highest BCUT2D eigenvalue weighted by Crippen LogP contribution is 2.35. The minimum Gasteiger partial charge on any atom is -0.495 e. The molecule has 148 valence electrons. The van der Waals surface area contributed by atoms with Gasteiger partial charge >= 0.3 is 0 Å². The van der Waals surface area contributed by atoms with Crippen LogP contribution in [-0.2, 0) is 0 Å². The number of anilines is 1. The third kappa shape index (κ3) is 3.14. The van der Waals surface area contributed by atoms with Gasteiger partial charge in [0, 0.05) is 6.54 Å². The lowest BCUT2D eigenvalue weighted by atomic mass is 10.2. The van der Waals surface area contributed by atoms with E-state index in [-0.39, 0.29) is 11.7 Å².